The fourth-order valence-corrected chi connectivity index (χ4v) is 5.57. The van der Waals surface area contributed by atoms with Crippen LogP contribution in [0, 0.1) is 6.92 Å². The Bertz CT molecular complexity index is 1180. The highest BCUT2D eigenvalue weighted by molar-refractivity contribution is 7.09. The van der Waals surface area contributed by atoms with Crippen LogP contribution in [0.2, 0.25) is 0 Å². The second-order valence-corrected chi connectivity index (χ2v) is 13.3. The first-order chi connectivity index (χ1) is 19.2. The third kappa shape index (κ3) is 11.4. The average Bonchev–Trinajstić information content (AvgIpc) is 3.31. The van der Waals surface area contributed by atoms with E-state index < -0.39 is 0 Å². The molecule has 0 saturated heterocycles. The highest BCUT2D eigenvalue weighted by atomic mass is 32.1. The molecule has 0 aliphatic rings. The van der Waals surface area contributed by atoms with Crippen molar-refractivity contribution >= 4 is 22.9 Å². The smallest absolute Gasteiger partial charge is 0.228 e. The maximum Gasteiger partial charge on any atom is 0.228 e. The normalized spacial score (nSPS) is 11.5. The largest absolute Gasteiger partial charge is 0.493 e. The van der Waals surface area contributed by atoms with E-state index in [2.05, 4.69) is 86.5 Å². The molecule has 0 saturated carbocycles. The van der Waals surface area contributed by atoms with Crippen molar-refractivity contribution < 1.29 is 14.1 Å². The summed E-state index contributed by atoms with van der Waals surface area (Å²) in [7, 11) is 0. The summed E-state index contributed by atoms with van der Waals surface area (Å²) in [6.45, 7) is 12.5. The Morgan fingerprint density at radius 3 is 2.27 bits per heavy atom. The minimum Gasteiger partial charge on any atom is -0.493 e. The van der Waals surface area contributed by atoms with E-state index in [1.54, 1.807) is 11.3 Å². The van der Waals surface area contributed by atoms with Crippen LogP contribution in [0.25, 0.3) is 0 Å². The van der Waals surface area contributed by atoms with Gasteiger partial charge in [0.2, 0.25) is 11.4 Å². The summed E-state index contributed by atoms with van der Waals surface area (Å²) in [5.74, 6) is 0.819. The summed E-state index contributed by atoms with van der Waals surface area (Å²) >= 11 is 1.74. The summed E-state index contributed by atoms with van der Waals surface area (Å²) < 4.78 is 8.48. The van der Waals surface area contributed by atoms with E-state index in [0.29, 0.717) is 13.0 Å². The van der Waals surface area contributed by atoms with Crippen molar-refractivity contribution in [2.75, 3.05) is 11.9 Å². The van der Waals surface area contributed by atoms with Crippen LogP contribution in [0.4, 0.5) is 5.69 Å². The summed E-state index contributed by atoms with van der Waals surface area (Å²) in [5.41, 5.74) is 6.31. The van der Waals surface area contributed by atoms with Gasteiger partial charge < -0.3 is 10.1 Å². The number of ether oxygens (including phenoxy) is 1. The molecule has 0 aliphatic heterocycles. The predicted molar refractivity (Wildman–Crippen MR) is 170 cm³/mol. The Labute approximate surface area is 247 Å². The molecule has 0 spiro atoms. The maximum atomic E-state index is 13.1. The molecule has 0 fully saturated rings. The number of nitrogens with one attached hydrogen (secondary N) is 1. The number of carbonyl (C=O) groups excluding carboxylic acids is 1. The number of nitrogens with zero attached hydrogens (tertiary/aromatic N) is 1. The van der Waals surface area contributed by atoms with E-state index >= 15 is 0 Å². The van der Waals surface area contributed by atoms with Gasteiger partial charge in [-0.25, -0.2) is 0 Å². The molecule has 0 aliphatic carbocycles. The predicted octanol–water partition coefficient (Wildman–Crippen LogP) is 9.17. The quantitative estimate of drug-likeness (QED) is 0.131. The standard InChI is InChI=1S/C35H50N2O2S/c1-6-7-8-9-10-11-12-13-14-15-21-39-33-24-31(35(3,4)5)20-19-30(33)23-34(38)36-32-18-16-17-29(22-32)26-37-25-28(2)40-27-37/h16-20,22,24-25,27H,6-15,21,23,26H2,1-5H3/p+1. The van der Waals surface area contributed by atoms with Gasteiger partial charge in [-0.1, -0.05) is 121 Å². The first-order valence-electron chi connectivity index (χ1n) is 15.3. The SMILES string of the molecule is CCCCCCCCCCCCOc1cc(C(C)(C)C)ccc1CC(=O)Nc1cccc(C[n+]2csc(C)c2)c1. The monoisotopic (exact) mass is 563 g/mol. The lowest BCUT2D eigenvalue weighted by molar-refractivity contribution is -0.683. The molecular weight excluding hydrogens is 512 g/mol. The molecule has 3 rings (SSSR count). The topological polar surface area (TPSA) is 42.2 Å². The number of hydrogen-bond acceptors (Lipinski definition) is 3. The number of carbonyl (C=O) groups is 1. The van der Waals surface area contributed by atoms with Gasteiger partial charge in [0.05, 0.1) is 17.9 Å². The van der Waals surface area contributed by atoms with Crippen LogP contribution in [0.1, 0.15) is 113 Å². The van der Waals surface area contributed by atoms with Crippen LogP contribution < -0.4 is 14.6 Å². The Hall–Kier alpha value is -2.66. The number of aromatic nitrogens is 1. The Morgan fingerprint density at radius 1 is 0.925 bits per heavy atom. The number of unbranched alkanes of at least 4 members (excludes halogenated alkanes) is 9. The van der Waals surface area contributed by atoms with Gasteiger partial charge in [0, 0.05) is 16.8 Å². The van der Waals surface area contributed by atoms with Crippen molar-refractivity contribution in [1.29, 1.82) is 0 Å². The second kappa shape index (κ2) is 16.6. The molecule has 4 nitrogen and oxygen atoms in total. The van der Waals surface area contributed by atoms with Crippen LogP contribution in [0.15, 0.2) is 54.2 Å². The Morgan fingerprint density at radius 2 is 1.62 bits per heavy atom. The third-order valence-corrected chi connectivity index (χ3v) is 8.19. The number of benzene rings is 2. The molecule has 1 amide bonds. The number of aryl methyl sites for hydroxylation is 1. The molecule has 0 bridgehead atoms. The minimum atomic E-state index is -0.0246. The van der Waals surface area contributed by atoms with Crippen molar-refractivity contribution in [2.24, 2.45) is 0 Å². The van der Waals surface area contributed by atoms with Gasteiger partial charge >= 0.3 is 0 Å². The first-order valence-corrected chi connectivity index (χ1v) is 16.2. The summed E-state index contributed by atoms with van der Waals surface area (Å²) in [6.07, 6.45) is 15.5. The van der Waals surface area contributed by atoms with Crippen LogP contribution in [-0.4, -0.2) is 12.5 Å². The van der Waals surface area contributed by atoms with Crippen molar-refractivity contribution in [2.45, 2.75) is 117 Å². The number of hydrogen-bond donors (Lipinski definition) is 1. The molecule has 0 unspecified atom stereocenters. The van der Waals surface area contributed by atoms with Crippen LogP contribution >= 0.6 is 11.3 Å². The third-order valence-electron chi connectivity index (χ3n) is 7.34. The van der Waals surface area contributed by atoms with Gasteiger partial charge in [0.25, 0.3) is 0 Å². The molecular formula is C35H51N2O2S+. The maximum absolute atomic E-state index is 13.1. The molecule has 1 aromatic heterocycles. The van der Waals surface area contributed by atoms with E-state index in [9.17, 15) is 4.79 Å². The zero-order chi connectivity index (χ0) is 28.8. The van der Waals surface area contributed by atoms with Gasteiger partial charge in [0.1, 0.15) is 5.75 Å². The molecule has 2 aromatic carbocycles. The van der Waals surface area contributed by atoms with Crippen molar-refractivity contribution in [3.05, 3.63) is 75.7 Å². The van der Waals surface area contributed by atoms with E-state index in [-0.39, 0.29) is 11.3 Å². The van der Waals surface area contributed by atoms with Crippen LogP contribution in [-0.2, 0) is 23.2 Å². The lowest BCUT2D eigenvalue weighted by Gasteiger charge is -2.21. The lowest BCUT2D eigenvalue weighted by Crippen LogP contribution is -2.30. The van der Waals surface area contributed by atoms with Crippen molar-refractivity contribution in [1.82, 2.24) is 0 Å². The Balaban J connectivity index is 1.52. The first kappa shape index (κ1) is 31.9. The fraction of sp³-hybridized carbons (Fsp3) is 0.543. The summed E-state index contributed by atoms with van der Waals surface area (Å²) in [5, 5.41) is 3.10. The van der Waals surface area contributed by atoms with Crippen LogP contribution in [0.3, 0.4) is 0 Å². The van der Waals surface area contributed by atoms with Gasteiger partial charge in [-0.2, -0.15) is 4.57 Å². The molecule has 0 radical (unpaired) electrons. The van der Waals surface area contributed by atoms with Gasteiger partial charge in [0.15, 0.2) is 12.7 Å². The number of thiazole rings is 1. The number of anilines is 1. The highest BCUT2D eigenvalue weighted by Crippen LogP contribution is 2.29. The zero-order valence-electron chi connectivity index (χ0n) is 25.6. The summed E-state index contributed by atoms with van der Waals surface area (Å²) in [6, 6.07) is 14.5. The van der Waals surface area contributed by atoms with E-state index in [4.69, 9.17) is 4.74 Å². The molecule has 1 heterocycles. The van der Waals surface area contributed by atoms with Gasteiger partial charge in [-0.3, -0.25) is 4.79 Å². The van der Waals surface area contributed by atoms with E-state index in [0.717, 1.165) is 35.5 Å². The average molecular weight is 564 g/mol. The zero-order valence-corrected chi connectivity index (χ0v) is 26.4. The molecule has 40 heavy (non-hydrogen) atoms. The van der Waals surface area contributed by atoms with E-state index in [1.165, 1.54) is 68.2 Å². The van der Waals surface area contributed by atoms with Crippen LogP contribution in [0.5, 0.6) is 5.75 Å². The van der Waals surface area contributed by atoms with E-state index in [1.807, 2.05) is 12.1 Å². The molecule has 3 aromatic rings. The molecule has 1 N–H and O–H groups in total. The van der Waals surface area contributed by atoms with Crippen molar-refractivity contribution in [3.63, 3.8) is 0 Å². The number of rotatable bonds is 17. The second-order valence-electron chi connectivity index (χ2n) is 12.2. The Kier molecular flexibility index (Phi) is 13.2. The lowest BCUT2D eigenvalue weighted by atomic mass is 9.86. The van der Waals surface area contributed by atoms with Gasteiger partial charge in [-0.05, 0) is 42.5 Å². The van der Waals surface area contributed by atoms with Crippen molar-refractivity contribution in [3.8, 4) is 5.75 Å². The van der Waals surface area contributed by atoms with Gasteiger partial charge in [-0.15, -0.1) is 0 Å². The summed E-state index contributed by atoms with van der Waals surface area (Å²) in [4.78, 5) is 14.4. The number of amides is 1. The molecule has 0 atom stereocenters. The highest BCUT2D eigenvalue weighted by Gasteiger charge is 2.18. The molecule has 5 heteroatoms. The fourth-order valence-electron chi connectivity index (χ4n) is 4.94. The minimum absolute atomic E-state index is 0.0233. The molecule has 218 valence electrons.